The number of carbonyl (C=O) groups excluding carboxylic acids is 1. The minimum absolute atomic E-state index is 0.166. The molecule has 1 N–H and O–H groups in total. The maximum absolute atomic E-state index is 12.1. The van der Waals surface area contributed by atoms with Crippen LogP contribution in [0.5, 0.6) is 0 Å². The van der Waals surface area contributed by atoms with Gasteiger partial charge in [-0.25, -0.2) is 0 Å². The topological polar surface area (TPSA) is 40.5 Å². The molecule has 1 heterocycles. The number of hydrogen-bond donors (Lipinski definition) is 1. The lowest BCUT2D eigenvalue weighted by Crippen LogP contribution is -2.45. The standard InChI is InChI=1S/C12H17NO2S/c1-12(2,15)11(14)13(10-3-4-10)7-9-5-6-16-8-9/h5-6,8,10,15H,3-4,7H2,1-2H3. The van der Waals surface area contributed by atoms with Crippen molar-refractivity contribution in [2.75, 3.05) is 0 Å². The zero-order valence-corrected chi connectivity index (χ0v) is 10.5. The molecule has 0 bridgehead atoms. The van der Waals surface area contributed by atoms with Crippen LogP contribution in [0, 0.1) is 0 Å². The van der Waals surface area contributed by atoms with Gasteiger partial charge in [-0.15, -0.1) is 0 Å². The lowest BCUT2D eigenvalue weighted by atomic mass is 10.1. The summed E-state index contributed by atoms with van der Waals surface area (Å²) in [4.78, 5) is 13.9. The normalized spacial score (nSPS) is 16.2. The molecule has 1 aromatic rings. The van der Waals surface area contributed by atoms with Crippen molar-refractivity contribution in [3.63, 3.8) is 0 Å². The second-order valence-corrected chi connectivity index (χ2v) is 5.63. The molecule has 0 atom stereocenters. The molecule has 0 saturated heterocycles. The molecule has 88 valence electrons. The monoisotopic (exact) mass is 239 g/mol. The zero-order chi connectivity index (χ0) is 11.8. The van der Waals surface area contributed by atoms with E-state index in [-0.39, 0.29) is 5.91 Å². The zero-order valence-electron chi connectivity index (χ0n) is 9.64. The van der Waals surface area contributed by atoms with Gasteiger partial charge in [-0.3, -0.25) is 4.79 Å². The van der Waals surface area contributed by atoms with E-state index in [1.165, 1.54) is 0 Å². The van der Waals surface area contributed by atoms with E-state index in [0.717, 1.165) is 18.4 Å². The SMILES string of the molecule is CC(C)(O)C(=O)N(Cc1ccsc1)C1CC1. The number of aliphatic hydroxyl groups is 1. The van der Waals surface area contributed by atoms with Gasteiger partial charge in [0.25, 0.3) is 5.91 Å². The molecule has 1 fully saturated rings. The largest absolute Gasteiger partial charge is 0.381 e. The number of carbonyl (C=O) groups is 1. The molecule has 0 aromatic carbocycles. The first kappa shape index (κ1) is 11.6. The van der Waals surface area contributed by atoms with E-state index in [9.17, 15) is 9.90 Å². The van der Waals surface area contributed by atoms with E-state index < -0.39 is 5.60 Å². The number of amides is 1. The maximum atomic E-state index is 12.1. The van der Waals surface area contributed by atoms with Crippen molar-refractivity contribution in [1.82, 2.24) is 4.90 Å². The van der Waals surface area contributed by atoms with Gasteiger partial charge in [-0.1, -0.05) is 0 Å². The summed E-state index contributed by atoms with van der Waals surface area (Å²) in [6.45, 7) is 3.73. The fourth-order valence-electron chi connectivity index (χ4n) is 1.68. The van der Waals surface area contributed by atoms with Crippen LogP contribution in [0.4, 0.5) is 0 Å². The number of rotatable bonds is 4. The highest BCUT2D eigenvalue weighted by atomic mass is 32.1. The van der Waals surface area contributed by atoms with Crippen molar-refractivity contribution in [3.8, 4) is 0 Å². The Bertz CT molecular complexity index is 363. The van der Waals surface area contributed by atoms with Gasteiger partial charge in [-0.05, 0) is 49.1 Å². The highest BCUT2D eigenvalue weighted by molar-refractivity contribution is 7.07. The highest BCUT2D eigenvalue weighted by Crippen LogP contribution is 2.30. The van der Waals surface area contributed by atoms with Gasteiger partial charge >= 0.3 is 0 Å². The van der Waals surface area contributed by atoms with Crippen molar-refractivity contribution in [2.24, 2.45) is 0 Å². The fraction of sp³-hybridized carbons (Fsp3) is 0.583. The molecular weight excluding hydrogens is 222 g/mol. The Balaban J connectivity index is 2.09. The molecule has 1 aliphatic carbocycles. The Morgan fingerprint density at radius 2 is 2.31 bits per heavy atom. The first-order chi connectivity index (χ1) is 7.48. The van der Waals surface area contributed by atoms with E-state index in [1.807, 2.05) is 21.7 Å². The summed E-state index contributed by atoms with van der Waals surface area (Å²) in [5.41, 5.74) is -0.118. The van der Waals surface area contributed by atoms with Gasteiger partial charge < -0.3 is 10.0 Å². The molecule has 4 heteroatoms. The average Bonchev–Trinajstić information content (AvgIpc) is 2.90. The van der Waals surface area contributed by atoms with Gasteiger partial charge in [0.1, 0.15) is 5.60 Å². The fourth-order valence-corrected chi connectivity index (χ4v) is 2.34. The molecule has 2 rings (SSSR count). The molecular formula is C12H17NO2S. The van der Waals surface area contributed by atoms with Crippen LogP contribution in [0.3, 0.4) is 0 Å². The number of nitrogens with zero attached hydrogens (tertiary/aromatic N) is 1. The quantitative estimate of drug-likeness (QED) is 0.873. The lowest BCUT2D eigenvalue weighted by molar-refractivity contribution is -0.149. The third-order valence-corrected chi connectivity index (χ3v) is 3.44. The summed E-state index contributed by atoms with van der Waals surface area (Å²) in [6, 6.07) is 2.36. The van der Waals surface area contributed by atoms with Crippen molar-refractivity contribution < 1.29 is 9.90 Å². The van der Waals surface area contributed by atoms with Gasteiger partial charge in [-0.2, -0.15) is 11.3 Å². The Hall–Kier alpha value is -0.870. The Labute approximate surface area is 99.7 Å². The van der Waals surface area contributed by atoms with Crippen LogP contribution >= 0.6 is 11.3 Å². The molecule has 1 amide bonds. The lowest BCUT2D eigenvalue weighted by Gasteiger charge is -2.28. The van der Waals surface area contributed by atoms with E-state index in [2.05, 4.69) is 0 Å². The van der Waals surface area contributed by atoms with Crippen LogP contribution in [0.25, 0.3) is 0 Å². The second-order valence-electron chi connectivity index (χ2n) is 4.85. The van der Waals surface area contributed by atoms with E-state index >= 15 is 0 Å². The van der Waals surface area contributed by atoms with Crippen LogP contribution in [0.1, 0.15) is 32.3 Å². The summed E-state index contributed by atoms with van der Waals surface area (Å²) in [5.74, 6) is -0.166. The second kappa shape index (κ2) is 4.18. The molecule has 3 nitrogen and oxygen atoms in total. The van der Waals surface area contributed by atoms with E-state index in [1.54, 1.807) is 25.2 Å². The average molecular weight is 239 g/mol. The summed E-state index contributed by atoms with van der Waals surface area (Å²) in [5, 5.41) is 13.8. The van der Waals surface area contributed by atoms with Crippen LogP contribution in [0.15, 0.2) is 16.8 Å². The number of hydrogen-bond acceptors (Lipinski definition) is 3. The molecule has 16 heavy (non-hydrogen) atoms. The van der Waals surface area contributed by atoms with Crippen LogP contribution in [-0.4, -0.2) is 27.6 Å². The van der Waals surface area contributed by atoms with Crippen LogP contribution < -0.4 is 0 Å². The highest BCUT2D eigenvalue weighted by Gasteiger charge is 2.38. The van der Waals surface area contributed by atoms with Gasteiger partial charge in [0.2, 0.25) is 0 Å². The first-order valence-corrected chi connectivity index (χ1v) is 6.47. The minimum atomic E-state index is -1.27. The van der Waals surface area contributed by atoms with Crippen molar-refractivity contribution in [1.29, 1.82) is 0 Å². The smallest absolute Gasteiger partial charge is 0.254 e. The van der Waals surface area contributed by atoms with Gasteiger partial charge in [0.05, 0.1) is 0 Å². The van der Waals surface area contributed by atoms with Crippen molar-refractivity contribution >= 4 is 17.2 Å². The third kappa shape index (κ3) is 2.62. The molecule has 1 aromatic heterocycles. The summed E-state index contributed by atoms with van der Waals surface area (Å²) in [6.07, 6.45) is 2.12. The van der Waals surface area contributed by atoms with Crippen molar-refractivity contribution in [2.45, 2.75) is 44.9 Å². The van der Waals surface area contributed by atoms with Crippen molar-refractivity contribution in [3.05, 3.63) is 22.4 Å². The Morgan fingerprint density at radius 1 is 1.62 bits per heavy atom. The predicted octanol–water partition coefficient (Wildman–Crippen LogP) is 2.01. The molecule has 1 aliphatic rings. The maximum Gasteiger partial charge on any atom is 0.254 e. The third-order valence-electron chi connectivity index (χ3n) is 2.70. The molecule has 0 spiro atoms. The summed E-state index contributed by atoms with van der Waals surface area (Å²) >= 11 is 1.63. The molecule has 0 unspecified atom stereocenters. The van der Waals surface area contributed by atoms with Gasteiger partial charge in [0.15, 0.2) is 0 Å². The number of thiophene rings is 1. The van der Waals surface area contributed by atoms with Crippen LogP contribution in [-0.2, 0) is 11.3 Å². The molecule has 0 aliphatic heterocycles. The van der Waals surface area contributed by atoms with E-state index in [4.69, 9.17) is 0 Å². The molecule has 1 saturated carbocycles. The van der Waals surface area contributed by atoms with Gasteiger partial charge in [0, 0.05) is 12.6 Å². The summed E-state index contributed by atoms with van der Waals surface area (Å²) in [7, 11) is 0. The van der Waals surface area contributed by atoms with Crippen LogP contribution in [0.2, 0.25) is 0 Å². The summed E-state index contributed by atoms with van der Waals surface area (Å²) < 4.78 is 0. The Kier molecular flexibility index (Phi) is 3.04. The first-order valence-electron chi connectivity index (χ1n) is 5.53. The predicted molar refractivity (Wildman–Crippen MR) is 64.2 cm³/mol. The molecule has 0 radical (unpaired) electrons. The van der Waals surface area contributed by atoms with E-state index in [0.29, 0.717) is 12.6 Å². The Morgan fingerprint density at radius 3 is 2.75 bits per heavy atom. The minimum Gasteiger partial charge on any atom is -0.381 e.